The summed E-state index contributed by atoms with van der Waals surface area (Å²) in [6, 6.07) is 7.53. The van der Waals surface area contributed by atoms with Gasteiger partial charge < -0.3 is 20.1 Å². The van der Waals surface area contributed by atoms with Crippen molar-refractivity contribution in [3.8, 4) is 5.75 Å². The third-order valence-corrected chi connectivity index (χ3v) is 4.61. The van der Waals surface area contributed by atoms with Crippen LogP contribution in [0.2, 0.25) is 0 Å². The molecule has 2 rings (SSSR count). The minimum Gasteiger partial charge on any atom is -0.505 e. The van der Waals surface area contributed by atoms with Crippen LogP contribution in [-0.4, -0.2) is 29.0 Å². The Kier molecular flexibility index (Phi) is 7.37. The van der Waals surface area contributed by atoms with E-state index in [2.05, 4.69) is 5.73 Å². The summed E-state index contributed by atoms with van der Waals surface area (Å²) >= 11 is 1.48. The van der Waals surface area contributed by atoms with Gasteiger partial charge in [0.25, 0.3) is 0 Å². The number of aromatic hydroxyl groups is 1. The van der Waals surface area contributed by atoms with E-state index in [-0.39, 0.29) is 6.42 Å². The lowest BCUT2D eigenvalue weighted by molar-refractivity contribution is 0.167. The van der Waals surface area contributed by atoms with Crippen LogP contribution in [0.4, 0.5) is 4.39 Å². The van der Waals surface area contributed by atoms with E-state index in [0.717, 1.165) is 16.5 Å². The van der Waals surface area contributed by atoms with Crippen molar-refractivity contribution in [2.75, 3.05) is 13.7 Å². The highest BCUT2D eigenvalue weighted by atomic mass is 32.1. The van der Waals surface area contributed by atoms with Crippen LogP contribution in [0.15, 0.2) is 53.1 Å². The Bertz CT molecular complexity index is 736. The fourth-order valence-corrected chi connectivity index (χ4v) is 3.04. The van der Waals surface area contributed by atoms with Crippen LogP contribution in [-0.2, 0) is 4.74 Å². The second kappa shape index (κ2) is 9.51. The number of aliphatic hydroxyl groups is 2. The molecule has 0 saturated heterocycles. The van der Waals surface area contributed by atoms with E-state index >= 15 is 0 Å². The van der Waals surface area contributed by atoms with Gasteiger partial charge in [-0.25, -0.2) is 4.39 Å². The van der Waals surface area contributed by atoms with Crippen molar-refractivity contribution < 1.29 is 24.4 Å². The summed E-state index contributed by atoms with van der Waals surface area (Å²) in [6.45, 7) is 0.322. The SMILES string of the molecule is COCC(=C=CC[C@@H](O)c1ccc(O)c(F)c1)C[C@@H](O)c1cccs1. The summed E-state index contributed by atoms with van der Waals surface area (Å²) < 4.78 is 18.5. The zero-order chi connectivity index (χ0) is 18.2. The number of phenols is 1. The first-order valence-electron chi connectivity index (χ1n) is 7.81. The molecule has 2 atom stereocenters. The first kappa shape index (κ1) is 19.4. The van der Waals surface area contributed by atoms with Gasteiger partial charge in [0.2, 0.25) is 0 Å². The summed E-state index contributed by atoms with van der Waals surface area (Å²) in [7, 11) is 1.56. The lowest BCUT2D eigenvalue weighted by atomic mass is 10.0. The Morgan fingerprint density at radius 1 is 1.32 bits per heavy atom. The minimum atomic E-state index is -0.909. The highest BCUT2D eigenvalue weighted by Crippen LogP contribution is 2.25. The normalized spacial score (nSPS) is 13.1. The van der Waals surface area contributed by atoms with Crippen molar-refractivity contribution in [2.24, 2.45) is 0 Å². The Hall–Kier alpha value is -1.95. The van der Waals surface area contributed by atoms with Crippen LogP contribution >= 0.6 is 11.3 Å². The summed E-state index contributed by atoms with van der Waals surface area (Å²) in [5.41, 5.74) is 4.19. The molecule has 0 aliphatic heterocycles. The van der Waals surface area contributed by atoms with Crippen LogP contribution in [0.3, 0.4) is 0 Å². The third kappa shape index (κ3) is 5.81. The molecular formula is C19H21FO4S. The molecule has 1 heterocycles. The molecule has 4 nitrogen and oxygen atoms in total. The smallest absolute Gasteiger partial charge is 0.165 e. The highest BCUT2D eigenvalue weighted by molar-refractivity contribution is 7.10. The number of ether oxygens (including phenoxy) is 1. The Morgan fingerprint density at radius 2 is 2.12 bits per heavy atom. The van der Waals surface area contributed by atoms with Crippen molar-refractivity contribution in [1.82, 2.24) is 0 Å². The summed E-state index contributed by atoms with van der Waals surface area (Å²) in [5.74, 6) is -1.22. The number of thiophene rings is 1. The molecule has 134 valence electrons. The molecule has 0 amide bonds. The average molecular weight is 364 g/mol. The Balaban J connectivity index is 2.03. The predicted octanol–water partition coefficient (Wildman–Crippen LogP) is 3.87. The van der Waals surface area contributed by atoms with Crippen molar-refractivity contribution in [2.45, 2.75) is 25.0 Å². The van der Waals surface area contributed by atoms with Crippen molar-refractivity contribution >= 4 is 11.3 Å². The Labute approximate surface area is 150 Å². The van der Waals surface area contributed by atoms with Crippen LogP contribution in [0, 0.1) is 5.82 Å². The van der Waals surface area contributed by atoms with Gasteiger partial charge in [0.05, 0.1) is 18.8 Å². The molecule has 0 spiro atoms. The number of halogens is 1. The molecule has 0 aliphatic carbocycles. The molecule has 1 aromatic carbocycles. The summed E-state index contributed by atoms with van der Waals surface area (Å²) in [6.07, 6.45) is 0.725. The van der Waals surface area contributed by atoms with Gasteiger partial charge in [-0.2, -0.15) is 0 Å². The molecule has 25 heavy (non-hydrogen) atoms. The number of rotatable bonds is 8. The monoisotopic (exact) mass is 364 g/mol. The minimum absolute atomic E-state index is 0.229. The van der Waals surface area contributed by atoms with E-state index in [0.29, 0.717) is 18.6 Å². The van der Waals surface area contributed by atoms with Gasteiger partial charge in [-0.3, -0.25) is 0 Å². The maximum absolute atomic E-state index is 13.3. The van der Waals surface area contributed by atoms with E-state index in [1.807, 2.05) is 17.5 Å². The van der Waals surface area contributed by atoms with E-state index < -0.39 is 23.8 Å². The number of benzene rings is 1. The lowest BCUT2D eigenvalue weighted by Crippen LogP contribution is -2.01. The maximum Gasteiger partial charge on any atom is 0.165 e. The third-order valence-electron chi connectivity index (χ3n) is 3.63. The molecular weight excluding hydrogens is 343 g/mol. The number of aliphatic hydroxyl groups excluding tert-OH is 2. The Morgan fingerprint density at radius 3 is 2.76 bits per heavy atom. The van der Waals surface area contributed by atoms with Gasteiger partial charge in [0.15, 0.2) is 11.6 Å². The largest absolute Gasteiger partial charge is 0.505 e. The molecule has 0 fully saturated rings. The number of phenolic OH excluding ortho intramolecular Hbond substituents is 1. The summed E-state index contributed by atoms with van der Waals surface area (Å²) in [4.78, 5) is 0.870. The predicted molar refractivity (Wildman–Crippen MR) is 95.0 cm³/mol. The molecule has 0 unspecified atom stereocenters. The van der Waals surface area contributed by atoms with Crippen molar-refractivity contribution in [1.29, 1.82) is 0 Å². The second-order valence-corrected chi connectivity index (χ2v) is 6.56. The molecule has 6 heteroatoms. The van der Waals surface area contributed by atoms with Gasteiger partial charge in [0, 0.05) is 24.8 Å². The summed E-state index contributed by atoms with van der Waals surface area (Å²) in [5, 5.41) is 31.4. The van der Waals surface area contributed by atoms with Crippen LogP contribution in [0.5, 0.6) is 5.75 Å². The van der Waals surface area contributed by atoms with Gasteiger partial charge in [-0.1, -0.05) is 12.1 Å². The van der Waals surface area contributed by atoms with Crippen molar-refractivity contribution in [3.05, 3.63) is 69.4 Å². The van der Waals surface area contributed by atoms with E-state index in [9.17, 15) is 19.7 Å². The van der Waals surface area contributed by atoms with E-state index in [1.165, 1.54) is 23.5 Å². The van der Waals surface area contributed by atoms with E-state index in [4.69, 9.17) is 4.74 Å². The molecule has 2 aromatic rings. The zero-order valence-corrected chi connectivity index (χ0v) is 14.7. The molecule has 0 saturated carbocycles. The lowest BCUT2D eigenvalue weighted by Gasteiger charge is -2.10. The van der Waals surface area contributed by atoms with Gasteiger partial charge in [-0.15, -0.1) is 17.1 Å². The fraction of sp³-hybridized carbons (Fsp3) is 0.316. The second-order valence-electron chi connectivity index (χ2n) is 5.58. The number of hydrogen-bond acceptors (Lipinski definition) is 5. The van der Waals surface area contributed by atoms with Crippen LogP contribution in [0.25, 0.3) is 0 Å². The maximum atomic E-state index is 13.3. The highest BCUT2D eigenvalue weighted by Gasteiger charge is 2.12. The molecule has 0 bridgehead atoms. The fourth-order valence-electron chi connectivity index (χ4n) is 2.33. The number of methoxy groups -OCH3 is 1. The first-order valence-corrected chi connectivity index (χ1v) is 8.69. The van der Waals surface area contributed by atoms with Crippen LogP contribution in [0.1, 0.15) is 35.5 Å². The molecule has 1 aromatic heterocycles. The first-order chi connectivity index (χ1) is 12.0. The number of hydrogen-bond donors (Lipinski definition) is 3. The van der Waals surface area contributed by atoms with Gasteiger partial charge in [-0.05, 0) is 40.8 Å². The standard InChI is InChI=1S/C19H21FO4S/c1-24-12-13(10-18(23)19-6-3-9-25-19)4-2-5-16(21)14-7-8-17(22)15(20)11-14/h2-3,6-9,11,16,18,21-23H,5,10,12H2,1H3/t4?,16-,18-/m1/s1. The molecule has 3 N–H and O–H groups in total. The van der Waals surface area contributed by atoms with Gasteiger partial charge >= 0.3 is 0 Å². The topological polar surface area (TPSA) is 69.9 Å². The van der Waals surface area contributed by atoms with Crippen LogP contribution < -0.4 is 0 Å². The van der Waals surface area contributed by atoms with E-state index in [1.54, 1.807) is 13.2 Å². The zero-order valence-electron chi connectivity index (χ0n) is 13.9. The average Bonchev–Trinajstić information content (AvgIpc) is 3.12. The van der Waals surface area contributed by atoms with Crippen molar-refractivity contribution in [3.63, 3.8) is 0 Å². The molecule has 0 aliphatic rings. The quantitative estimate of drug-likeness (QED) is 0.622. The molecule has 0 radical (unpaired) electrons. The van der Waals surface area contributed by atoms with Gasteiger partial charge in [0.1, 0.15) is 0 Å².